The van der Waals surface area contributed by atoms with Crippen LogP contribution in [0.1, 0.15) is 30.5 Å². The van der Waals surface area contributed by atoms with Gasteiger partial charge in [0, 0.05) is 12.1 Å². The molecule has 0 spiro atoms. The Hall–Kier alpha value is -3.32. The van der Waals surface area contributed by atoms with Crippen molar-refractivity contribution in [3.8, 4) is 11.5 Å². The molecule has 1 aliphatic heterocycles. The summed E-state index contributed by atoms with van der Waals surface area (Å²) in [4.78, 5) is 29.7. The lowest BCUT2D eigenvalue weighted by atomic mass is 9.95. The zero-order valence-corrected chi connectivity index (χ0v) is 19.0. The zero-order valence-electron chi connectivity index (χ0n) is 19.0. The van der Waals surface area contributed by atoms with Gasteiger partial charge in [0.05, 0.1) is 25.3 Å². The van der Waals surface area contributed by atoms with Crippen molar-refractivity contribution in [1.29, 1.82) is 0 Å². The van der Waals surface area contributed by atoms with Crippen LogP contribution in [0.5, 0.6) is 11.5 Å². The van der Waals surface area contributed by atoms with Gasteiger partial charge in [-0.1, -0.05) is 24.3 Å². The van der Waals surface area contributed by atoms with Gasteiger partial charge < -0.3 is 24.4 Å². The molecule has 1 unspecified atom stereocenters. The molecule has 3 rings (SSSR count). The van der Waals surface area contributed by atoms with Crippen molar-refractivity contribution in [3.05, 3.63) is 65.2 Å². The van der Waals surface area contributed by atoms with Crippen LogP contribution in [-0.4, -0.2) is 67.5 Å². The zero-order chi connectivity index (χ0) is 23.3. The van der Waals surface area contributed by atoms with Crippen molar-refractivity contribution in [3.63, 3.8) is 0 Å². The molecule has 1 saturated heterocycles. The summed E-state index contributed by atoms with van der Waals surface area (Å²) in [5, 5.41) is 11.1. The second-order valence-electron chi connectivity index (χ2n) is 7.89. The first-order chi connectivity index (χ1) is 15.4. The molecule has 0 radical (unpaired) electrons. The molecule has 2 aromatic carbocycles. The van der Waals surface area contributed by atoms with Gasteiger partial charge in [-0.2, -0.15) is 0 Å². The van der Waals surface area contributed by atoms with Gasteiger partial charge >= 0.3 is 0 Å². The maximum absolute atomic E-state index is 13.1. The van der Waals surface area contributed by atoms with Crippen molar-refractivity contribution in [1.82, 2.24) is 9.80 Å². The molecule has 1 N–H and O–H groups in total. The molecule has 1 aliphatic rings. The Bertz CT molecular complexity index is 1010. The number of benzene rings is 2. The second kappa shape index (κ2) is 10.3. The van der Waals surface area contributed by atoms with Gasteiger partial charge in [0.15, 0.2) is 0 Å². The first kappa shape index (κ1) is 23.3. The Labute approximate surface area is 188 Å². The minimum Gasteiger partial charge on any atom is -0.507 e. The molecule has 7 heteroatoms. The topological polar surface area (TPSA) is 79.3 Å². The third-order valence-corrected chi connectivity index (χ3v) is 5.37. The van der Waals surface area contributed by atoms with Gasteiger partial charge in [-0.05, 0) is 63.8 Å². The van der Waals surface area contributed by atoms with Gasteiger partial charge in [0.1, 0.15) is 17.3 Å². The van der Waals surface area contributed by atoms with Crippen molar-refractivity contribution in [2.24, 2.45) is 0 Å². The standard InChI is InChI=1S/C25H30N2O5/c1-5-32-20-12-6-9-17(15-20)22-21(23(28)18-10-7-11-19(16-18)31-4)24(29)25(30)27(22)14-8-13-26(2)3/h6-7,9-12,15-16,22,28H,5,8,13-14H2,1-4H3/b23-21-. The summed E-state index contributed by atoms with van der Waals surface area (Å²) in [7, 11) is 5.45. The molecular weight excluding hydrogens is 408 g/mol. The first-order valence-corrected chi connectivity index (χ1v) is 10.7. The molecule has 0 saturated carbocycles. The summed E-state index contributed by atoms with van der Waals surface area (Å²) in [6, 6.07) is 13.4. The number of hydrogen-bond acceptors (Lipinski definition) is 6. The third kappa shape index (κ3) is 4.94. The largest absolute Gasteiger partial charge is 0.507 e. The summed E-state index contributed by atoms with van der Waals surface area (Å²) >= 11 is 0. The van der Waals surface area contributed by atoms with E-state index in [0.717, 1.165) is 6.54 Å². The fourth-order valence-corrected chi connectivity index (χ4v) is 3.88. The summed E-state index contributed by atoms with van der Waals surface area (Å²) in [5.41, 5.74) is 1.20. The summed E-state index contributed by atoms with van der Waals surface area (Å²) in [6.07, 6.45) is 0.695. The molecule has 2 aromatic rings. The number of likely N-dealkylation sites (tertiary alicyclic amines) is 1. The van der Waals surface area contributed by atoms with Gasteiger partial charge in [-0.25, -0.2) is 0 Å². The molecule has 7 nitrogen and oxygen atoms in total. The van der Waals surface area contributed by atoms with Crippen molar-refractivity contribution in [2.45, 2.75) is 19.4 Å². The number of hydrogen-bond donors (Lipinski definition) is 1. The molecule has 170 valence electrons. The Morgan fingerprint density at radius 1 is 1.09 bits per heavy atom. The Balaban J connectivity index is 2.11. The van der Waals surface area contributed by atoms with E-state index in [4.69, 9.17) is 9.47 Å². The Kier molecular flexibility index (Phi) is 7.53. The minimum absolute atomic E-state index is 0.0711. The number of rotatable bonds is 9. The molecule has 1 atom stereocenters. The lowest BCUT2D eigenvalue weighted by Gasteiger charge is -2.26. The van der Waals surface area contributed by atoms with Crippen LogP contribution in [0.15, 0.2) is 54.1 Å². The van der Waals surface area contributed by atoms with Gasteiger partial charge in [-0.15, -0.1) is 0 Å². The summed E-state index contributed by atoms with van der Waals surface area (Å²) in [6.45, 7) is 3.55. The number of ketones is 1. The molecule has 0 aliphatic carbocycles. The molecular formula is C25H30N2O5. The highest BCUT2D eigenvalue weighted by molar-refractivity contribution is 6.46. The Morgan fingerprint density at radius 3 is 2.50 bits per heavy atom. The van der Waals surface area contributed by atoms with E-state index in [9.17, 15) is 14.7 Å². The van der Waals surface area contributed by atoms with Gasteiger partial charge in [0.2, 0.25) is 0 Å². The monoisotopic (exact) mass is 438 g/mol. The van der Waals surface area contributed by atoms with Crippen LogP contribution in [-0.2, 0) is 9.59 Å². The van der Waals surface area contributed by atoms with Crippen LogP contribution in [0.25, 0.3) is 5.76 Å². The molecule has 1 heterocycles. The fraction of sp³-hybridized carbons (Fsp3) is 0.360. The van der Waals surface area contributed by atoms with Crippen LogP contribution >= 0.6 is 0 Å². The van der Waals surface area contributed by atoms with Crippen LogP contribution in [0.3, 0.4) is 0 Å². The summed E-state index contributed by atoms with van der Waals surface area (Å²) in [5.74, 6) is -0.333. The number of amides is 1. The van der Waals surface area contributed by atoms with E-state index < -0.39 is 17.7 Å². The number of carbonyl (C=O) groups excluding carboxylic acids is 2. The molecule has 1 amide bonds. The second-order valence-corrected chi connectivity index (χ2v) is 7.89. The van der Waals surface area contributed by atoms with Crippen LogP contribution in [0.2, 0.25) is 0 Å². The van der Waals surface area contributed by atoms with E-state index in [1.807, 2.05) is 50.2 Å². The van der Waals surface area contributed by atoms with E-state index >= 15 is 0 Å². The molecule has 32 heavy (non-hydrogen) atoms. The number of aliphatic hydroxyl groups is 1. The predicted octanol–water partition coefficient (Wildman–Crippen LogP) is 3.47. The molecule has 0 bridgehead atoms. The number of methoxy groups -OCH3 is 1. The van der Waals surface area contributed by atoms with E-state index in [0.29, 0.717) is 42.2 Å². The van der Waals surface area contributed by atoms with Crippen LogP contribution < -0.4 is 9.47 Å². The highest BCUT2D eigenvalue weighted by Gasteiger charge is 2.45. The number of nitrogens with zero attached hydrogens (tertiary/aromatic N) is 2. The number of ether oxygens (including phenoxy) is 2. The SMILES string of the molecule is CCOc1cccc(C2/C(=C(/O)c3cccc(OC)c3)C(=O)C(=O)N2CCCN(C)C)c1. The van der Waals surface area contributed by atoms with E-state index in [1.54, 1.807) is 29.2 Å². The van der Waals surface area contributed by atoms with Gasteiger partial charge in [-0.3, -0.25) is 9.59 Å². The molecule has 1 fully saturated rings. The first-order valence-electron chi connectivity index (χ1n) is 10.7. The fourth-order valence-electron chi connectivity index (χ4n) is 3.88. The third-order valence-electron chi connectivity index (χ3n) is 5.37. The summed E-state index contributed by atoms with van der Waals surface area (Å²) < 4.78 is 10.9. The Morgan fingerprint density at radius 2 is 1.81 bits per heavy atom. The lowest BCUT2D eigenvalue weighted by Crippen LogP contribution is -2.32. The van der Waals surface area contributed by atoms with Crippen molar-refractivity contribution >= 4 is 17.4 Å². The molecule has 0 aromatic heterocycles. The normalized spacial score (nSPS) is 17.8. The minimum atomic E-state index is -0.705. The smallest absolute Gasteiger partial charge is 0.295 e. The maximum Gasteiger partial charge on any atom is 0.295 e. The average Bonchev–Trinajstić information content (AvgIpc) is 3.04. The van der Waals surface area contributed by atoms with E-state index in [1.165, 1.54) is 7.11 Å². The quantitative estimate of drug-likeness (QED) is 0.367. The van der Waals surface area contributed by atoms with Crippen LogP contribution in [0, 0.1) is 0 Å². The lowest BCUT2D eigenvalue weighted by molar-refractivity contribution is -0.139. The maximum atomic E-state index is 13.1. The van der Waals surface area contributed by atoms with Crippen molar-refractivity contribution in [2.75, 3.05) is 40.9 Å². The van der Waals surface area contributed by atoms with Gasteiger partial charge in [0.25, 0.3) is 11.7 Å². The highest BCUT2D eigenvalue weighted by Crippen LogP contribution is 2.40. The number of Topliss-reactive ketones (excluding diaryl/α,β-unsaturated/α-hetero) is 1. The average molecular weight is 439 g/mol. The number of carbonyl (C=O) groups is 2. The van der Waals surface area contributed by atoms with Crippen LogP contribution in [0.4, 0.5) is 0 Å². The highest BCUT2D eigenvalue weighted by atomic mass is 16.5. The van der Waals surface area contributed by atoms with Crippen molar-refractivity contribution < 1.29 is 24.2 Å². The predicted molar refractivity (Wildman–Crippen MR) is 123 cm³/mol. The number of aliphatic hydroxyl groups excluding tert-OH is 1. The van der Waals surface area contributed by atoms with E-state index in [2.05, 4.69) is 0 Å². The van der Waals surface area contributed by atoms with E-state index in [-0.39, 0.29) is 11.3 Å².